The summed E-state index contributed by atoms with van der Waals surface area (Å²) in [6.07, 6.45) is 0.578. The maximum Gasteiger partial charge on any atom is 0.408 e. The molecule has 94 valence electrons. The van der Waals surface area contributed by atoms with Gasteiger partial charge < -0.3 is 20.1 Å². The van der Waals surface area contributed by atoms with Crippen molar-refractivity contribution in [3.05, 3.63) is 0 Å². The molecule has 0 aromatic rings. The summed E-state index contributed by atoms with van der Waals surface area (Å²) >= 11 is 0. The molecule has 0 aromatic carbocycles. The fourth-order valence-corrected chi connectivity index (χ4v) is 1.72. The number of hydrogen-bond acceptors (Lipinski definition) is 4. The molecule has 2 N–H and O–H groups in total. The van der Waals surface area contributed by atoms with E-state index in [1.54, 1.807) is 7.11 Å². The number of rotatable bonds is 2. The number of amides is 1. The lowest BCUT2D eigenvalue weighted by Gasteiger charge is -2.32. The van der Waals surface area contributed by atoms with E-state index < -0.39 is 5.60 Å². The number of carbonyl (C=O) groups is 1. The molecule has 1 unspecified atom stereocenters. The summed E-state index contributed by atoms with van der Waals surface area (Å²) in [4.78, 5) is 11.6. The lowest BCUT2D eigenvalue weighted by atomic mass is 10.0. The zero-order chi connectivity index (χ0) is 12.2. The third kappa shape index (κ3) is 4.37. The van der Waals surface area contributed by atoms with Gasteiger partial charge >= 0.3 is 6.09 Å². The number of hydrogen-bond donors (Lipinski definition) is 2. The molecule has 0 bridgehead atoms. The Balaban J connectivity index is 2.42. The predicted octanol–water partition coefficient (Wildman–Crippen LogP) is 0.888. The van der Waals surface area contributed by atoms with E-state index in [2.05, 4.69) is 10.6 Å². The summed E-state index contributed by atoms with van der Waals surface area (Å²) in [5.41, 5.74) is -0.464. The Kier molecular flexibility index (Phi) is 4.56. The Morgan fingerprint density at radius 3 is 2.69 bits per heavy atom. The van der Waals surface area contributed by atoms with E-state index in [1.807, 2.05) is 20.8 Å². The molecule has 1 rings (SSSR count). The van der Waals surface area contributed by atoms with Crippen LogP contribution < -0.4 is 10.6 Å². The minimum atomic E-state index is -0.464. The van der Waals surface area contributed by atoms with Gasteiger partial charge in [0, 0.05) is 13.7 Å². The molecule has 5 heteroatoms. The first-order valence-electron chi connectivity index (χ1n) is 5.65. The zero-order valence-corrected chi connectivity index (χ0v) is 10.5. The van der Waals surface area contributed by atoms with Crippen molar-refractivity contribution in [1.82, 2.24) is 10.6 Å². The highest BCUT2D eigenvalue weighted by Gasteiger charge is 2.27. The largest absolute Gasteiger partial charge is 0.444 e. The van der Waals surface area contributed by atoms with Crippen LogP contribution in [0, 0.1) is 0 Å². The summed E-state index contributed by atoms with van der Waals surface area (Å²) in [6.45, 7) is 7.18. The Morgan fingerprint density at radius 2 is 2.12 bits per heavy atom. The number of ether oxygens (including phenoxy) is 2. The summed E-state index contributed by atoms with van der Waals surface area (Å²) in [5, 5.41) is 6.04. The summed E-state index contributed by atoms with van der Waals surface area (Å²) < 4.78 is 10.5. The standard InChI is InChI=1S/C11H22N2O3/c1-11(2,3)16-10(14)13-8-7-12-6-5-9(8)15-4/h8-9,12H,5-7H2,1-4H3,(H,13,14)/t8?,9-/m0/s1. The molecular formula is C11H22N2O3. The minimum Gasteiger partial charge on any atom is -0.444 e. The van der Waals surface area contributed by atoms with Crippen molar-refractivity contribution in [1.29, 1.82) is 0 Å². The van der Waals surface area contributed by atoms with E-state index in [9.17, 15) is 4.79 Å². The van der Waals surface area contributed by atoms with E-state index in [4.69, 9.17) is 9.47 Å². The Morgan fingerprint density at radius 1 is 1.44 bits per heavy atom. The van der Waals surface area contributed by atoms with Gasteiger partial charge in [0.1, 0.15) is 5.60 Å². The van der Waals surface area contributed by atoms with Crippen molar-refractivity contribution < 1.29 is 14.3 Å². The van der Waals surface area contributed by atoms with Crippen LogP contribution in [0.4, 0.5) is 4.79 Å². The van der Waals surface area contributed by atoms with Gasteiger partial charge in [-0.25, -0.2) is 4.79 Å². The van der Waals surface area contributed by atoms with Gasteiger partial charge in [0.15, 0.2) is 0 Å². The van der Waals surface area contributed by atoms with E-state index in [1.165, 1.54) is 0 Å². The van der Waals surface area contributed by atoms with Crippen LogP contribution in [0.5, 0.6) is 0 Å². The molecule has 2 atom stereocenters. The maximum absolute atomic E-state index is 11.6. The lowest BCUT2D eigenvalue weighted by Crippen LogP contribution is -2.55. The monoisotopic (exact) mass is 230 g/mol. The summed E-state index contributed by atoms with van der Waals surface area (Å²) in [6, 6.07) is -0.0198. The Hall–Kier alpha value is -0.810. The Labute approximate surface area is 96.9 Å². The molecule has 0 spiro atoms. The molecule has 16 heavy (non-hydrogen) atoms. The first kappa shape index (κ1) is 13.3. The van der Waals surface area contributed by atoms with E-state index in [-0.39, 0.29) is 18.2 Å². The quantitative estimate of drug-likeness (QED) is 0.739. The second kappa shape index (κ2) is 5.50. The summed E-state index contributed by atoms with van der Waals surface area (Å²) in [5.74, 6) is 0. The molecule has 1 aliphatic rings. The lowest BCUT2D eigenvalue weighted by molar-refractivity contribution is 0.0250. The molecule has 0 saturated carbocycles. The highest BCUT2D eigenvalue weighted by molar-refractivity contribution is 5.68. The molecule has 0 radical (unpaired) electrons. The van der Waals surface area contributed by atoms with Crippen LogP contribution in [0.3, 0.4) is 0 Å². The molecule has 0 aromatic heterocycles. The second-order valence-electron chi connectivity index (χ2n) is 5.02. The van der Waals surface area contributed by atoms with Gasteiger partial charge in [0.05, 0.1) is 12.1 Å². The number of methoxy groups -OCH3 is 1. The third-order valence-electron chi connectivity index (χ3n) is 2.42. The van der Waals surface area contributed by atoms with Crippen LogP contribution in [-0.4, -0.2) is 44.0 Å². The average molecular weight is 230 g/mol. The molecule has 1 aliphatic heterocycles. The van der Waals surface area contributed by atoms with E-state index in [0.717, 1.165) is 19.5 Å². The van der Waals surface area contributed by atoms with Gasteiger partial charge in [-0.05, 0) is 33.7 Å². The number of piperidine rings is 1. The van der Waals surface area contributed by atoms with Crippen molar-refractivity contribution in [2.24, 2.45) is 0 Å². The average Bonchev–Trinajstić information content (AvgIpc) is 2.15. The highest BCUT2D eigenvalue weighted by Crippen LogP contribution is 2.10. The van der Waals surface area contributed by atoms with Gasteiger partial charge in [-0.3, -0.25) is 0 Å². The molecule has 1 fully saturated rings. The maximum atomic E-state index is 11.6. The van der Waals surface area contributed by atoms with Crippen molar-refractivity contribution >= 4 is 6.09 Å². The van der Waals surface area contributed by atoms with Crippen molar-refractivity contribution in [3.8, 4) is 0 Å². The van der Waals surface area contributed by atoms with Gasteiger partial charge in [-0.2, -0.15) is 0 Å². The topological polar surface area (TPSA) is 59.6 Å². The normalized spacial score (nSPS) is 26.2. The van der Waals surface area contributed by atoms with Crippen LogP contribution in [0.25, 0.3) is 0 Å². The number of alkyl carbamates (subject to hydrolysis) is 1. The molecule has 1 heterocycles. The van der Waals surface area contributed by atoms with Gasteiger partial charge in [0.2, 0.25) is 0 Å². The summed E-state index contributed by atoms with van der Waals surface area (Å²) in [7, 11) is 1.67. The van der Waals surface area contributed by atoms with Crippen LogP contribution >= 0.6 is 0 Å². The zero-order valence-electron chi connectivity index (χ0n) is 10.5. The first-order valence-corrected chi connectivity index (χ1v) is 5.65. The van der Waals surface area contributed by atoms with Crippen LogP contribution in [-0.2, 0) is 9.47 Å². The van der Waals surface area contributed by atoms with Crippen LogP contribution in [0.1, 0.15) is 27.2 Å². The van der Waals surface area contributed by atoms with Crippen molar-refractivity contribution in [2.75, 3.05) is 20.2 Å². The fourth-order valence-electron chi connectivity index (χ4n) is 1.72. The Bertz CT molecular complexity index is 238. The second-order valence-corrected chi connectivity index (χ2v) is 5.02. The van der Waals surface area contributed by atoms with Crippen molar-refractivity contribution in [2.45, 2.75) is 44.9 Å². The van der Waals surface area contributed by atoms with E-state index in [0.29, 0.717) is 0 Å². The highest BCUT2D eigenvalue weighted by atomic mass is 16.6. The molecule has 1 saturated heterocycles. The predicted molar refractivity (Wildman–Crippen MR) is 61.4 cm³/mol. The van der Waals surface area contributed by atoms with Gasteiger partial charge in [-0.1, -0.05) is 0 Å². The number of nitrogens with one attached hydrogen (secondary N) is 2. The third-order valence-corrected chi connectivity index (χ3v) is 2.42. The first-order chi connectivity index (χ1) is 7.42. The van der Waals surface area contributed by atoms with Gasteiger partial charge in [-0.15, -0.1) is 0 Å². The molecule has 1 amide bonds. The van der Waals surface area contributed by atoms with Crippen LogP contribution in [0.15, 0.2) is 0 Å². The molecular weight excluding hydrogens is 208 g/mol. The van der Waals surface area contributed by atoms with Crippen molar-refractivity contribution in [3.63, 3.8) is 0 Å². The van der Waals surface area contributed by atoms with E-state index >= 15 is 0 Å². The fraction of sp³-hybridized carbons (Fsp3) is 0.909. The van der Waals surface area contributed by atoms with Crippen LogP contribution in [0.2, 0.25) is 0 Å². The SMILES string of the molecule is CO[C@H]1CCNCC1NC(=O)OC(C)(C)C. The number of carbonyl (C=O) groups excluding carboxylic acids is 1. The smallest absolute Gasteiger partial charge is 0.408 e. The minimum absolute atomic E-state index is 0.0198. The molecule has 5 nitrogen and oxygen atoms in total. The molecule has 0 aliphatic carbocycles. The van der Waals surface area contributed by atoms with Gasteiger partial charge in [0.25, 0.3) is 0 Å².